The highest BCUT2D eigenvalue weighted by Gasteiger charge is 2.36. The molecule has 1 amide bonds. The Morgan fingerprint density at radius 2 is 1.72 bits per heavy atom. The Morgan fingerprint density at radius 3 is 2.32 bits per heavy atom. The number of hydrogen-bond acceptors (Lipinski definition) is 9. The summed E-state index contributed by atoms with van der Waals surface area (Å²) in [4.78, 5) is 21.3. The Kier molecular flexibility index (Phi) is 10.3. The number of carbonyl (C=O) groups excluding carboxylic acids is 1. The zero-order valence-electron chi connectivity index (χ0n) is 26.2. The first-order chi connectivity index (χ1) is 21.8. The molecule has 0 atom stereocenters. The second-order valence-electron chi connectivity index (χ2n) is 11.8. The minimum Gasteiger partial charge on any atom is -0.444 e. The molecule has 47 heavy (non-hydrogen) atoms. The largest absolute Gasteiger partial charge is 0.444 e. The first-order valence-corrected chi connectivity index (χ1v) is 16.0. The van der Waals surface area contributed by atoms with Gasteiger partial charge in [0, 0.05) is 19.3 Å². The molecule has 0 unspecified atom stereocenters. The van der Waals surface area contributed by atoms with Gasteiger partial charge in [-0.1, -0.05) is 24.3 Å². The van der Waals surface area contributed by atoms with Gasteiger partial charge in [0.2, 0.25) is 5.95 Å². The van der Waals surface area contributed by atoms with Crippen molar-refractivity contribution in [1.29, 1.82) is 0 Å². The number of anilines is 4. The summed E-state index contributed by atoms with van der Waals surface area (Å²) in [6.07, 6.45) is -2.76. The van der Waals surface area contributed by atoms with E-state index in [1.54, 1.807) is 32.9 Å². The molecule has 0 fully saturated rings. The van der Waals surface area contributed by atoms with Gasteiger partial charge in [0.05, 0.1) is 21.5 Å². The van der Waals surface area contributed by atoms with Crippen molar-refractivity contribution in [1.82, 2.24) is 14.9 Å². The van der Waals surface area contributed by atoms with Crippen LogP contribution in [0.1, 0.15) is 52.2 Å². The van der Waals surface area contributed by atoms with Crippen molar-refractivity contribution in [2.75, 3.05) is 23.7 Å². The highest BCUT2D eigenvalue weighted by molar-refractivity contribution is 7.92. The van der Waals surface area contributed by atoms with Crippen LogP contribution in [0.2, 0.25) is 0 Å². The molecule has 16 heteroatoms. The van der Waals surface area contributed by atoms with Crippen LogP contribution in [0.3, 0.4) is 0 Å². The standard InChI is InChI=1S/C31H34F5N5O5S/c1-18(2)47(43,44)25-9-7-6-8-23(25)38-26-21(31(34,35)36)17-37-28(40-26)39-22-11-10-20(16-24(22)45-27(32)33)19-12-14-41(15-13-19)29(42)46-30(3,4)5/h6-12,16-18,27H,13-15H2,1-5H3,(H2,37,38,39,40). The van der Waals surface area contributed by atoms with Gasteiger partial charge in [-0.05, 0) is 76.4 Å². The van der Waals surface area contributed by atoms with E-state index in [1.807, 2.05) is 0 Å². The smallest absolute Gasteiger partial charge is 0.421 e. The highest BCUT2D eigenvalue weighted by Crippen LogP contribution is 2.38. The van der Waals surface area contributed by atoms with Gasteiger partial charge in [-0.2, -0.15) is 26.9 Å². The fourth-order valence-electron chi connectivity index (χ4n) is 4.51. The molecule has 0 radical (unpaired) electrons. The maximum absolute atomic E-state index is 13.9. The number of carbonyl (C=O) groups is 1. The lowest BCUT2D eigenvalue weighted by atomic mass is 9.99. The third kappa shape index (κ3) is 8.87. The second-order valence-corrected chi connectivity index (χ2v) is 14.3. The molecular weight excluding hydrogens is 649 g/mol. The first-order valence-electron chi connectivity index (χ1n) is 14.4. The lowest BCUT2D eigenvalue weighted by molar-refractivity contribution is -0.137. The number of halogens is 5. The van der Waals surface area contributed by atoms with Crippen LogP contribution in [0.4, 0.5) is 49.9 Å². The topological polar surface area (TPSA) is 123 Å². The highest BCUT2D eigenvalue weighted by atomic mass is 32.2. The van der Waals surface area contributed by atoms with Crippen molar-refractivity contribution in [2.24, 2.45) is 0 Å². The normalized spacial score (nSPS) is 14.2. The molecule has 0 saturated carbocycles. The number of rotatable bonds is 9. The zero-order valence-corrected chi connectivity index (χ0v) is 27.0. The quantitative estimate of drug-likeness (QED) is 0.218. The predicted molar refractivity (Wildman–Crippen MR) is 166 cm³/mol. The molecule has 0 bridgehead atoms. The minimum absolute atomic E-state index is 0.0747. The van der Waals surface area contributed by atoms with E-state index in [0.717, 1.165) is 5.57 Å². The van der Waals surface area contributed by atoms with Crippen LogP contribution in [0.15, 0.2) is 59.6 Å². The van der Waals surface area contributed by atoms with Crippen molar-refractivity contribution in [2.45, 2.75) is 69.6 Å². The maximum Gasteiger partial charge on any atom is 0.421 e. The number of nitrogens with one attached hydrogen (secondary N) is 2. The fourth-order valence-corrected chi connectivity index (χ4v) is 5.71. The van der Waals surface area contributed by atoms with E-state index in [0.29, 0.717) is 24.7 Å². The number of sulfone groups is 1. The molecule has 1 aromatic heterocycles. The lowest BCUT2D eigenvalue weighted by Crippen LogP contribution is -2.39. The number of aromatic nitrogens is 2. The maximum atomic E-state index is 13.9. The van der Waals surface area contributed by atoms with Crippen molar-refractivity contribution >= 4 is 44.6 Å². The Bertz CT molecular complexity index is 1760. The Balaban J connectivity index is 1.65. The Hall–Kier alpha value is -4.47. The summed E-state index contributed by atoms with van der Waals surface area (Å²) >= 11 is 0. The van der Waals surface area contributed by atoms with E-state index in [1.165, 1.54) is 55.1 Å². The molecule has 1 aliphatic heterocycles. The van der Waals surface area contributed by atoms with E-state index in [-0.39, 0.29) is 28.6 Å². The lowest BCUT2D eigenvalue weighted by Gasteiger charge is -2.29. The zero-order chi connectivity index (χ0) is 34.7. The number of alkyl halides is 5. The van der Waals surface area contributed by atoms with Crippen molar-refractivity contribution < 1.29 is 44.6 Å². The first kappa shape index (κ1) is 35.4. The molecule has 2 N–H and O–H groups in total. The van der Waals surface area contributed by atoms with E-state index < -0.39 is 56.9 Å². The van der Waals surface area contributed by atoms with Gasteiger partial charge in [0.25, 0.3) is 0 Å². The van der Waals surface area contributed by atoms with Crippen LogP contribution in [0.5, 0.6) is 5.75 Å². The van der Waals surface area contributed by atoms with Crippen molar-refractivity contribution in [3.63, 3.8) is 0 Å². The Morgan fingerprint density at radius 1 is 1.02 bits per heavy atom. The summed E-state index contributed by atoms with van der Waals surface area (Å²) in [6, 6.07) is 9.74. The molecule has 2 heterocycles. The molecule has 0 saturated heterocycles. The van der Waals surface area contributed by atoms with Gasteiger partial charge in [-0.15, -0.1) is 0 Å². The summed E-state index contributed by atoms with van der Waals surface area (Å²) in [5, 5.41) is 4.23. The van der Waals surface area contributed by atoms with Gasteiger partial charge in [-0.3, -0.25) is 0 Å². The van der Waals surface area contributed by atoms with Crippen LogP contribution in [0.25, 0.3) is 5.57 Å². The van der Waals surface area contributed by atoms with Crippen molar-refractivity contribution in [3.8, 4) is 5.75 Å². The molecule has 4 rings (SSSR count). The van der Waals surface area contributed by atoms with Crippen LogP contribution in [0, 0.1) is 0 Å². The summed E-state index contributed by atoms with van der Waals surface area (Å²) in [7, 11) is -3.90. The van der Waals surface area contributed by atoms with Crippen LogP contribution in [-0.4, -0.2) is 59.9 Å². The third-order valence-electron chi connectivity index (χ3n) is 6.84. The Labute approximate surface area is 268 Å². The molecular formula is C31H34F5N5O5S. The number of ether oxygens (including phenoxy) is 2. The van der Waals surface area contributed by atoms with Gasteiger partial charge in [0.15, 0.2) is 9.84 Å². The third-order valence-corrected chi connectivity index (χ3v) is 9.05. The molecule has 3 aromatic rings. The van der Waals surface area contributed by atoms with E-state index in [9.17, 15) is 35.2 Å². The predicted octanol–water partition coefficient (Wildman–Crippen LogP) is 7.79. The number of amides is 1. The van der Waals surface area contributed by atoms with Crippen LogP contribution < -0.4 is 15.4 Å². The molecule has 1 aliphatic rings. The van der Waals surface area contributed by atoms with Gasteiger partial charge >= 0.3 is 18.9 Å². The van der Waals surface area contributed by atoms with Gasteiger partial charge in [0.1, 0.15) is 22.7 Å². The molecule has 2 aromatic carbocycles. The fraction of sp³-hybridized carbons (Fsp3) is 0.387. The summed E-state index contributed by atoms with van der Waals surface area (Å²) in [5.41, 5.74) is -0.902. The molecule has 10 nitrogen and oxygen atoms in total. The van der Waals surface area contributed by atoms with E-state index in [2.05, 4.69) is 20.6 Å². The van der Waals surface area contributed by atoms with Crippen molar-refractivity contribution in [3.05, 3.63) is 65.9 Å². The van der Waals surface area contributed by atoms with E-state index >= 15 is 0 Å². The number of benzene rings is 2. The average Bonchev–Trinajstić information content (AvgIpc) is 2.96. The summed E-state index contributed by atoms with van der Waals surface area (Å²) in [5.74, 6) is -1.52. The summed E-state index contributed by atoms with van der Waals surface area (Å²) in [6.45, 7) is 5.45. The van der Waals surface area contributed by atoms with Gasteiger partial charge in [-0.25, -0.2) is 18.2 Å². The molecule has 0 spiro atoms. The van der Waals surface area contributed by atoms with Gasteiger partial charge < -0.3 is 25.0 Å². The molecule has 254 valence electrons. The summed E-state index contributed by atoms with van der Waals surface area (Å²) < 4.78 is 105. The number of nitrogens with zero attached hydrogens (tertiary/aromatic N) is 3. The number of hydrogen-bond donors (Lipinski definition) is 2. The SMILES string of the molecule is CC(C)S(=O)(=O)c1ccccc1Nc1nc(Nc2ccc(C3=CCN(C(=O)OC(C)(C)C)CC3)cc2OC(F)F)ncc1C(F)(F)F. The van der Waals surface area contributed by atoms with E-state index in [4.69, 9.17) is 9.47 Å². The average molecular weight is 684 g/mol. The monoisotopic (exact) mass is 683 g/mol. The van der Waals surface area contributed by atoms with Crippen LogP contribution >= 0.6 is 0 Å². The molecule has 0 aliphatic carbocycles. The number of para-hydroxylation sites is 1. The minimum atomic E-state index is -4.93. The second kappa shape index (κ2) is 13.7. The van der Waals surface area contributed by atoms with Crippen LogP contribution in [-0.2, 0) is 20.8 Å².